The molecule has 22 heavy (non-hydrogen) atoms. The summed E-state index contributed by atoms with van der Waals surface area (Å²) in [5.41, 5.74) is 4.54. The van der Waals surface area contributed by atoms with E-state index >= 15 is 0 Å². The van der Waals surface area contributed by atoms with Crippen molar-refractivity contribution in [2.75, 3.05) is 5.43 Å². The molecule has 0 aromatic heterocycles. The van der Waals surface area contributed by atoms with Crippen molar-refractivity contribution < 1.29 is 91.9 Å². The fourth-order valence-corrected chi connectivity index (χ4v) is 1.79. The van der Waals surface area contributed by atoms with Gasteiger partial charge in [0.25, 0.3) is 10.1 Å². The molecule has 3 N–H and O–H groups in total. The number of hydrazine groups is 1. The van der Waals surface area contributed by atoms with Crippen molar-refractivity contribution in [3.8, 4) is 0 Å². The van der Waals surface area contributed by atoms with E-state index in [1.54, 1.807) is 0 Å². The van der Waals surface area contributed by atoms with Gasteiger partial charge in [0.1, 0.15) is 0 Å². The molecule has 0 saturated heterocycles. The predicted octanol–water partition coefficient (Wildman–Crippen LogP) is -8.88. The van der Waals surface area contributed by atoms with E-state index in [2.05, 4.69) is 10.9 Å². The van der Waals surface area contributed by atoms with Crippen LogP contribution in [0.1, 0.15) is 6.42 Å². The van der Waals surface area contributed by atoms with Crippen LogP contribution in [-0.2, 0) is 19.7 Å². The van der Waals surface area contributed by atoms with Gasteiger partial charge >= 0.3 is 59.1 Å². The SMILES string of the molecule is O=C([O-])CC(NNc1cccc(S(=O)(=O)O)c1)C(=O)[O-].[Na+].[Na+]. The van der Waals surface area contributed by atoms with Crippen molar-refractivity contribution in [1.82, 2.24) is 5.43 Å². The van der Waals surface area contributed by atoms with Crippen LogP contribution in [0, 0.1) is 0 Å². The van der Waals surface area contributed by atoms with Crippen LogP contribution in [0.25, 0.3) is 0 Å². The largest absolute Gasteiger partial charge is 1.00 e. The average molecular weight is 348 g/mol. The van der Waals surface area contributed by atoms with Crippen LogP contribution in [-0.4, -0.2) is 31.0 Å². The summed E-state index contributed by atoms with van der Waals surface area (Å²) >= 11 is 0. The Labute approximate surface area is 170 Å². The zero-order valence-electron chi connectivity index (χ0n) is 11.9. The smallest absolute Gasteiger partial charge is 0.550 e. The van der Waals surface area contributed by atoms with Crippen LogP contribution in [0.3, 0.4) is 0 Å². The molecule has 0 aliphatic carbocycles. The molecule has 110 valence electrons. The maximum absolute atomic E-state index is 10.9. The number of hydrogen-bond donors (Lipinski definition) is 3. The van der Waals surface area contributed by atoms with E-state index in [1.807, 2.05) is 0 Å². The molecular formula is C10H10N2Na2O7S. The summed E-state index contributed by atoms with van der Waals surface area (Å²) in [5, 5.41) is 21.0. The minimum atomic E-state index is -4.40. The summed E-state index contributed by atoms with van der Waals surface area (Å²) in [4.78, 5) is 20.6. The zero-order chi connectivity index (χ0) is 15.3. The summed E-state index contributed by atoms with van der Waals surface area (Å²) in [7, 11) is -4.40. The van der Waals surface area contributed by atoms with Crippen molar-refractivity contribution in [3.05, 3.63) is 24.3 Å². The van der Waals surface area contributed by atoms with E-state index in [-0.39, 0.29) is 64.8 Å². The van der Waals surface area contributed by atoms with Crippen molar-refractivity contribution in [2.24, 2.45) is 0 Å². The number of aliphatic carboxylic acids is 2. The Morgan fingerprint density at radius 1 is 1.23 bits per heavy atom. The van der Waals surface area contributed by atoms with Crippen molar-refractivity contribution in [1.29, 1.82) is 0 Å². The number of benzene rings is 1. The van der Waals surface area contributed by atoms with Crippen LogP contribution in [0.4, 0.5) is 5.69 Å². The Balaban J connectivity index is 0. The summed E-state index contributed by atoms with van der Waals surface area (Å²) in [6, 6.07) is 3.23. The second kappa shape index (κ2) is 10.6. The molecule has 1 aromatic carbocycles. The Morgan fingerprint density at radius 2 is 1.82 bits per heavy atom. The molecule has 9 nitrogen and oxygen atoms in total. The first-order chi connectivity index (χ1) is 9.20. The molecule has 0 heterocycles. The topological polar surface area (TPSA) is 159 Å². The fraction of sp³-hybridized carbons (Fsp3) is 0.200. The Bertz CT molecular complexity index is 623. The summed E-state index contributed by atoms with van der Waals surface area (Å²) in [6.45, 7) is 0. The number of carbonyl (C=O) groups is 2. The molecule has 0 spiro atoms. The molecule has 0 saturated carbocycles. The number of hydrogen-bond acceptors (Lipinski definition) is 8. The third-order valence-corrected chi connectivity index (χ3v) is 3.03. The zero-order valence-corrected chi connectivity index (χ0v) is 16.7. The molecule has 12 heteroatoms. The van der Waals surface area contributed by atoms with Gasteiger partial charge in [-0.1, -0.05) is 6.07 Å². The van der Waals surface area contributed by atoms with E-state index in [0.717, 1.165) is 12.1 Å². The normalized spacial score (nSPS) is 11.5. The van der Waals surface area contributed by atoms with Gasteiger partial charge in [-0.15, -0.1) is 0 Å². The van der Waals surface area contributed by atoms with Gasteiger partial charge in [-0.3, -0.25) is 4.55 Å². The molecule has 0 aliphatic heterocycles. The Morgan fingerprint density at radius 3 is 2.27 bits per heavy atom. The van der Waals surface area contributed by atoms with E-state index in [4.69, 9.17) is 4.55 Å². The van der Waals surface area contributed by atoms with Crippen LogP contribution >= 0.6 is 0 Å². The van der Waals surface area contributed by atoms with Crippen molar-refractivity contribution in [3.63, 3.8) is 0 Å². The van der Waals surface area contributed by atoms with Crippen LogP contribution in [0.15, 0.2) is 29.2 Å². The van der Waals surface area contributed by atoms with E-state index in [1.165, 1.54) is 12.1 Å². The third-order valence-electron chi connectivity index (χ3n) is 2.18. The molecule has 1 aromatic rings. The van der Waals surface area contributed by atoms with Gasteiger partial charge in [0, 0.05) is 12.4 Å². The molecule has 0 fully saturated rings. The van der Waals surface area contributed by atoms with Gasteiger partial charge < -0.3 is 25.2 Å². The first-order valence-electron chi connectivity index (χ1n) is 5.20. The van der Waals surface area contributed by atoms with Gasteiger partial charge in [-0.2, -0.15) is 8.42 Å². The second-order valence-corrected chi connectivity index (χ2v) is 5.14. The monoisotopic (exact) mass is 348 g/mol. The van der Waals surface area contributed by atoms with Gasteiger partial charge in [0.2, 0.25) is 0 Å². The second-order valence-electron chi connectivity index (χ2n) is 3.72. The van der Waals surface area contributed by atoms with Crippen LogP contribution < -0.4 is 80.2 Å². The predicted molar refractivity (Wildman–Crippen MR) is 61.4 cm³/mol. The molecule has 1 atom stereocenters. The Hall–Kier alpha value is -0.170. The maximum Gasteiger partial charge on any atom is 1.00 e. The summed E-state index contributed by atoms with van der Waals surface area (Å²) < 4.78 is 30.6. The van der Waals surface area contributed by atoms with Crippen LogP contribution in [0.2, 0.25) is 0 Å². The number of carboxylic acid groups (broad SMARTS) is 2. The van der Waals surface area contributed by atoms with Gasteiger partial charge in [-0.25, -0.2) is 5.43 Å². The molecule has 0 amide bonds. The average Bonchev–Trinajstić information content (AvgIpc) is 2.33. The molecule has 0 aliphatic rings. The first-order valence-corrected chi connectivity index (χ1v) is 6.64. The molecule has 0 radical (unpaired) electrons. The third kappa shape index (κ3) is 8.46. The van der Waals surface area contributed by atoms with Gasteiger partial charge in [0.15, 0.2) is 0 Å². The standard InChI is InChI=1S/C10H12N2O7S.2Na/c13-9(14)5-8(10(15)16)12-11-6-2-1-3-7(4-6)20(17,18)19;;/h1-4,8,11-12H,5H2,(H,13,14)(H,15,16)(H,17,18,19);;/q;2*+1/p-2. The molecular weight excluding hydrogens is 338 g/mol. The molecule has 1 rings (SSSR count). The van der Waals surface area contributed by atoms with Gasteiger partial charge in [0.05, 0.1) is 22.6 Å². The first kappa shape index (κ1) is 24.1. The number of carbonyl (C=O) groups excluding carboxylic acids is 2. The minimum absolute atomic E-state index is 0. The molecule has 0 bridgehead atoms. The minimum Gasteiger partial charge on any atom is -0.550 e. The summed E-state index contributed by atoms with van der Waals surface area (Å²) in [5.74, 6) is -3.27. The summed E-state index contributed by atoms with van der Waals surface area (Å²) in [6.07, 6.45) is -0.840. The van der Waals surface area contributed by atoms with Crippen LogP contribution in [0.5, 0.6) is 0 Å². The number of anilines is 1. The number of nitrogens with one attached hydrogen (secondary N) is 2. The quantitative estimate of drug-likeness (QED) is 0.247. The van der Waals surface area contributed by atoms with Crippen molar-refractivity contribution >= 4 is 27.7 Å². The number of rotatable bonds is 7. The fourth-order valence-electron chi connectivity index (χ4n) is 1.26. The van der Waals surface area contributed by atoms with E-state index in [0.29, 0.717) is 0 Å². The Kier molecular flexibility index (Phi) is 11.6. The van der Waals surface area contributed by atoms with Gasteiger partial charge in [-0.05, 0) is 18.2 Å². The number of carboxylic acids is 2. The van der Waals surface area contributed by atoms with E-state index < -0.39 is 39.4 Å². The van der Waals surface area contributed by atoms with E-state index in [9.17, 15) is 28.2 Å². The maximum atomic E-state index is 10.9. The van der Waals surface area contributed by atoms with Crippen molar-refractivity contribution in [2.45, 2.75) is 17.4 Å². The molecule has 1 unspecified atom stereocenters.